The van der Waals surface area contributed by atoms with Crippen LogP contribution in [-0.4, -0.2) is 16.9 Å². The van der Waals surface area contributed by atoms with Gasteiger partial charge in [-0.25, -0.2) is 0 Å². The Bertz CT molecular complexity index is 2170. The number of fused-ring (bicyclic) bond motifs is 4. The van der Waals surface area contributed by atoms with Crippen molar-refractivity contribution in [1.82, 2.24) is 9.88 Å². The Balaban J connectivity index is 0.00000348. The summed E-state index contributed by atoms with van der Waals surface area (Å²) >= 11 is 0. The summed E-state index contributed by atoms with van der Waals surface area (Å²) in [6.45, 7) is 6.76. The number of hydrogen-bond acceptors (Lipinski definition) is 5. The van der Waals surface area contributed by atoms with Gasteiger partial charge in [0, 0.05) is 38.4 Å². The molecule has 4 aromatic carbocycles. The minimum atomic E-state index is -0.678. The van der Waals surface area contributed by atoms with E-state index in [1.165, 1.54) is 22.3 Å². The molecule has 0 saturated heterocycles. The minimum absolute atomic E-state index is 0. The first-order valence-corrected chi connectivity index (χ1v) is 16.6. The van der Waals surface area contributed by atoms with Crippen molar-refractivity contribution in [2.45, 2.75) is 37.5 Å². The molecule has 2 aliphatic heterocycles. The molecular weight excluding hydrogens is 784 g/mol. The van der Waals surface area contributed by atoms with E-state index in [2.05, 4.69) is 127 Å². The molecule has 4 aliphatic rings. The van der Waals surface area contributed by atoms with Gasteiger partial charge in [-0.1, -0.05) is 74.2 Å². The van der Waals surface area contributed by atoms with E-state index in [0.717, 1.165) is 58.3 Å². The Morgan fingerprint density at radius 2 is 1.49 bits per heavy atom. The second-order valence-corrected chi connectivity index (χ2v) is 13.3. The predicted octanol–water partition coefficient (Wildman–Crippen LogP) is 9.87. The van der Waals surface area contributed by atoms with Crippen LogP contribution in [0.3, 0.4) is 0 Å². The van der Waals surface area contributed by atoms with E-state index in [1.54, 1.807) is 0 Å². The molecule has 0 spiro atoms. The van der Waals surface area contributed by atoms with Crippen LogP contribution in [0, 0.1) is 18.8 Å². The zero-order valence-electron chi connectivity index (χ0n) is 27.6. The monoisotopic (exact) mass is 818 g/mol. The van der Waals surface area contributed by atoms with Crippen molar-refractivity contribution in [1.29, 1.82) is 0 Å². The van der Waals surface area contributed by atoms with Crippen LogP contribution in [0.1, 0.15) is 49.1 Å². The average molecular weight is 819 g/mol. The number of rotatable bonds is 4. The second kappa shape index (κ2) is 11.9. The Labute approximate surface area is 303 Å². The summed E-state index contributed by atoms with van der Waals surface area (Å²) in [6, 6.07) is 41.7. The second-order valence-electron chi connectivity index (χ2n) is 13.3. The number of hydrogen-bond donors (Lipinski definition) is 0. The number of nitrogens with zero attached hydrogens (tertiary/aromatic N) is 4. The Morgan fingerprint density at radius 3 is 2.29 bits per heavy atom. The number of anilines is 4. The van der Waals surface area contributed by atoms with Gasteiger partial charge in [-0.2, -0.15) is 18.8 Å². The van der Waals surface area contributed by atoms with Crippen LogP contribution < -0.4 is 14.5 Å². The molecule has 0 fully saturated rings. The molecule has 1 aromatic heterocycles. The van der Waals surface area contributed by atoms with Crippen molar-refractivity contribution in [3.8, 4) is 11.5 Å². The van der Waals surface area contributed by atoms with Crippen LogP contribution in [0.5, 0.6) is 11.5 Å². The van der Waals surface area contributed by atoms with Crippen LogP contribution in [0.4, 0.5) is 22.7 Å². The molecule has 0 amide bonds. The summed E-state index contributed by atoms with van der Waals surface area (Å²) in [5.41, 5.74) is 10.0. The van der Waals surface area contributed by atoms with Crippen LogP contribution in [0.25, 0.3) is 0 Å². The Kier molecular flexibility index (Phi) is 7.65. The summed E-state index contributed by atoms with van der Waals surface area (Å²) in [5.74, 6) is 1.54. The van der Waals surface area contributed by atoms with E-state index in [9.17, 15) is 0 Å². The van der Waals surface area contributed by atoms with Crippen molar-refractivity contribution < 1.29 is 25.8 Å². The maximum Gasteiger partial charge on any atom is 0.134 e. The standard InChI is InChI=1S/C43H35N4O.Pt/c1-42(2)33-15-4-6-17-35(33)43(41-21-10-11-24-44-41,36-18-7-5-16-34(36)42)30-22-23-40-38(27-30)47(37-19-8-9-20-39(37)48-40)32-14-12-13-31(28-32)46-26-25-45(3)29-46;/h4,6,8-26,29H,5,7H2,1-3H3;/q-3;. The third-order valence-corrected chi connectivity index (χ3v) is 10.2. The summed E-state index contributed by atoms with van der Waals surface area (Å²) in [4.78, 5) is 11.5. The third kappa shape index (κ3) is 4.74. The van der Waals surface area contributed by atoms with Gasteiger partial charge in [-0.15, -0.1) is 41.6 Å². The molecule has 3 heterocycles. The van der Waals surface area contributed by atoms with Crippen LogP contribution >= 0.6 is 0 Å². The molecule has 0 radical (unpaired) electrons. The van der Waals surface area contributed by atoms with Crippen molar-refractivity contribution in [2.24, 2.45) is 0 Å². The van der Waals surface area contributed by atoms with E-state index in [4.69, 9.17) is 9.72 Å². The van der Waals surface area contributed by atoms with E-state index in [-0.39, 0.29) is 26.5 Å². The zero-order valence-corrected chi connectivity index (χ0v) is 29.9. The summed E-state index contributed by atoms with van der Waals surface area (Å²) in [7, 11) is 2.02. The molecule has 49 heavy (non-hydrogen) atoms. The van der Waals surface area contributed by atoms with Gasteiger partial charge in [0.05, 0.1) is 16.8 Å². The van der Waals surface area contributed by atoms with Crippen LogP contribution in [0.15, 0.2) is 139 Å². The molecule has 6 heteroatoms. The van der Waals surface area contributed by atoms with E-state index < -0.39 is 5.41 Å². The average Bonchev–Trinajstić information content (AvgIpc) is 3.58. The SMILES string of the molecule is CN1C=CN(c2[c-]c(N3c4[c-]c(C5(c6ccccn6)C6=CCCC=C6C(C)(C)c6ccccc65)ccc4Oc4ccccc43)ccc2)[CH-]1.[Pt]. The molecule has 2 aliphatic carbocycles. The van der Waals surface area contributed by atoms with E-state index in [1.807, 2.05) is 55.4 Å². The van der Waals surface area contributed by atoms with E-state index >= 15 is 0 Å². The maximum absolute atomic E-state index is 6.60. The zero-order chi connectivity index (χ0) is 32.5. The van der Waals surface area contributed by atoms with Crippen LogP contribution in [0.2, 0.25) is 0 Å². The quantitative estimate of drug-likeness (QED) is 0.166. The van der Waals surface area contributed by atoms with Gasteiger partial charge in [0.2, 0.25) is 0 Å². The van der Waals surface area contributed by atoms with Gasteiger partial charge in [-0.05, 0) is 84.5 Å². The van der Waals surface area contributed by atoms with Gasteiger partial charge in [0.25, 0.3) is 0 Å². The molecule has 5 aromatic rings. The topological polar surface area (TPSA) is 31.8 Å². The smallest absolute Gasteiger partial charge is 0.134 e. The first kappa shape index (κ1) is 31.4. The van der Waals surface area contributed by atoms with Crippen LogP contribution in [-0.2, 0) is 31.9 Å². The van der Waals surface area contributed by atoms with E-state index in [0.29, 0.717) is 0 Å². The van der Waals surface area contributed by atoms with Gasteiger partial charge >= 0.3 is 0 Å². The first-order valence-electron chi connectivity index (χ1n) is 16.6. The fraction of sp³-hybridized carbons (Fsp3) is 0.163. The Hall–Kier alpha value is -4.86. The number of benzene rings is 4. The number of pyridine rings is 1. The molecule has 5 nitrogen and oxygen atoms in total. The molecular formula is C43H35N4OPt-3. The summed E-state index contributed by atoms with van der Waals surface area (Å²) in [6.07, 6.45) is 12.9. The van der Waals surface area contributed by atoms with Crippen molar-refractivity contribution >= 4 is 22.7 Å². The number of ether oxygens (including phenoxy) is 1. The summed E-state index contributed by atoms with van der Waals surface area (Å²) < 4.78 is 6.60. The maximum atomic E-state index is 6.60. The fourth-order valence-corrected chi connectivity index (χ4v) is 8.03. The number of allylic oxidation sites excluding steroid dienone is 4. The first-order chi connectivity index (χ1) is 23.5. The van der Waals surface area contributed by atoms with Gasteiger partial charge < -0.3 is 19.4 Å². The van der Waals surface area contributed by atoms with Gasteiger partial charge in [0.15, 0.2) is 0 Å². The van der Waals surface area contributed by atoms with Crippen molar-refractivity contribution in [3.63, 3.8) is 0 Å². The third-order valence-electron chi connectivity index (χ3n) is 10.2. The molecule has 0 saturated carbocycles. The predicted molar refractivity (Wildman–Crippen MR) is 192 cm³/mol. The molecule has 0 bridgehead atoms. The minimum Gasteiger partial charge on any atom is -0.513 e. The molecule has 1 unspecified atom stereocenters. The van der Waals surface area contributed by atoms with Gasteiger partial charge in [-0.3, -0.25) is 4.98 Å². The normalized spacial score (nSPS) is 19.8. The number of para-hydroxylation sites is 2. The summed E-state index contributed by atoms with van der Waals surface area (Å²) in [5, 5.41) is 0. The number of aromatic nitrogens is 1. The fourth-order valence-electron chi connectivity index (χ4n) is 8.03. The van der Waals surface area contributed by atoms with Crippen molar-refractivity contribution in [3.05, 3.63) is 180 Å². The molecule has 1 atom stereocenters. The molecule has 9 rings (SSSR count). The van der Waals surface area contributed by atoms with Gasteiger partial charge in [0.1, 0.15) is 5.75 Å². The molecule has 0 N–H and O–H groups in total. The van der Waals surface area contributed by atoms with Crippen molar-refractivity contribution in [2.75, 3.05) is 16.8 Å². The Morgan fingerprint density at radius 1 is 0.735 bits per heavy atom. The largest absolute Gasteiger partial charge is 0.513 e. The molecule has 246 valence electrons.